The number of anilines is 1. The number of para-hydroxylation sites is 2. The molecule has 1 aromatic carbocycles. The molecule has 2 fully saturated rings. The van der Waals surface area contributed by atoms with E-state index in [4.69, 9.17) is 4.74 Å². The predicted octanol–water partition coefficient (Wildman–Crippen LogP) is 1.19. The van der Waals surface area contributed by atoms with E-state index in [0.717, 1.165) is 50.6 Å². The average Bonchev–Trinajstić information content (AvgIpc) is 3.01. The smallest absolute Gasteiger partial charge is 0.222 e. The first-order valence-electron chi connectivity index (χ1n) is 9.32. The summed E-state index contributed by atoms with van der Waals surface area (Å²) in [4.78, 5) is 18.1. The molecule has 6 nitrogen and oxygen atoms in total. The van der Waals surface area contributed by atoms with Gasteiger partial charge in [0.15, 0.2) is 0 Å². The van der Waals surface area contributed by atoms with Gasteiger partial charge in [0.05, 0.1) is 18.4 Å². The lowest BCUT2D eigenvalue weighted by atomic mass is 10.2. The normalized spacial score (nSPS) is 20.2. The number of aliphatic hydroxyl groups excluding tert-OH is 1. The molecule has 0 aliphatic carbocycles. The number of aliphatic hydroxyl groups is 1. The second-order valence-electron chi connectivity index (χ2n) is 6.79. The first-order chi connectivity index (χ1) is 12.2. The van der Waals surface area contributed by atoms with Gasteiger partial charge in [-0.1, -0.05) is 12.1 Å². The molecule has 0 unspecified atom stereocenters. The molecule has 1 N–H and O–H groups in total. The van der Waals surface area contributed by atoms with Gasteiger partial charge >= 0.3 is 0 Å². The molecule has 1 atom stereocenters. The van der Waals surface area contributed by atoms with Gasteiger partial charge in [-0.2, -0.15) is 0 Å². The molecule has 0 aromatic heterocycles. The molecule has 0 bridgehead atoms. The quantitative estimate of drug-likeness (QED) is 0.803. The van der Waals surface area contributed by atoms with Crippen molar-refractivity contribution in [3.63, 3.8) is 0 Å². The number of benzene rings is 1. The van der Waals surface area contributed by atoms with Crippen molar-refractivity contribution in [2.24, 2.45) is 0 Å². The summed E-state index contributed by atoms with van der Waals surface area (Å²) in [6.07, 6.45) is 1.08. The van der Waals surface area contributed by atoms with Crippen molar-refractivity contribution in [2.75, 3.05) is 57.3 Å². The van der Waals surface area contributed by atoms with E-state index in [-0.39, 0.29) is 5.91 Å². The van der Waals surface area contributed by atoms with Crippen LogP contribution in [-0.4, -0.2) is 79.3 Å². The Hall–Kier alpha value is -1.79. The summed E-state index contributed by atoms with van der Waals surface area (Å²) in [6.45, 7) is 8.20. The van der Waals surface area contributed by atoms with Crippen LogP contribution in [0.15, 0.2) is 24.3 Å². The monoisotopic (exact) mass is 347 g/mol. The van der Waals surface area contributed by atoms with E-state index < -0.39 is 6.10 Å². The Morgan fingerprint density at radius 1 is 1.12 bits per heavy atom. The van der Waals surface area contributed by atoms with Crippen molar-refractivity contribution in [1.29, 1.82) is 0 Å². The Morgan fingerprint density at radius 2 is 1.88 bits per heavy atom. The molecule has 0 radical (unpaired) electrons. The van der Waals surface area contributed by atoms with Gasteiger partial charge in [-0.25, -0.2) is 0 Å². The van der Waals surface area contributed by atoms with Crippen LogP contribution < -0.4 is 9.64 Å². The maximum absolute atomic E-state index is 11.7. The number of hydrogen-bond acceptors (Lipinski definition) is 5. The van der Waals surface area contributed by atoms with Crippen molar-refractivity contribution in [3.05, 3.63) is 24.3 Å². The number of carbonyl (C=O) groups excluding carboxylic acids is 1. The summed E-state index contributed by atoms with van der Waals surface area (Å²) in [7, 11) is 0. The highest BCUT2D eigenvalue weighted by molar-refractivity contribution is 5.78. The van der Waals surface area contributed by atoms with E-state index in [2.05, 4.69) is 15.9 Å². The maximum atomic E-state index is 11.7. The fourth-order valence-corrected chi connectivity index (χ4v) is 3.67. The lowest BCUT2D eigenvalue weighted by molar-refractivity contribution is -0.129. The SMILES string of the molecule is CCOc1ccccc1N1CCN(C[C@H](O)CN2CCCC2=O)CC1. The van der Waals surface area contributed by atoms with Crippen molar-refractivity contribution in [3.8, 4) is 5.75 Å². The van der Waals surface area contributed by atoms with Gasteiger partial charge in [-0.3, -0.25) is 9.69 Å². The summed E-state index contributed by atoms with van der Waals surface area (Å²) >= 11 is 0. The number of hydrogen-bond donors (Lipinski definition) is 1. The molecule has 6 heteroatoms. The Kier molecular flexibility index (Phi) is 6.15. The van der Waals surface area contributed by atoms with Gasteiger partial charge in [0.1, 0.15) is 5.75 Å². The first kappa shape index (κ1) is 18.0. The summed E-state index contributed by atoms with van der Waals surface area (Å²) in [5, 5.41) is 10.3. The minimum absolute atomic E-state index is 0.177. The number of carbonyl (C=O) groups is 1. The first-order valence-corrected chi connectivity index (χ1v) is 9.32. The molecule has 3 rings (SSSR count). The van der Waals surface area contributed by atoms with E-state index in [0.29, 0.717) is 26.1 Å². The van der Waals surface area contributed by atoms with E-state index >= 15 is 0 Å². The molecule has 0 spiro atoms. The highest BCUT2D eigenvalue weighted by atomic mass is 16.5. The van der Waals surface area contributed by atoms with Crippen LogP contribution in [0, 0.1) is 0 Å². The second-order valence-corrected chi connectivity index (χ2v) is 6.79. The zero-order valence-corrected chi connectivity index (χ0v) is 15.1. The number of β-amino-alcohol motifs (C(OH)–C–C–N with tert-alkyl or cyclic N) is 1. The number of amides is 1. The van der Waals surface area contributed by atoms with E-state index in [9.17, 15) is 9.90 Å². The van der Waals surface area contributed by atoms with Crippen LogP contribution in [0.2, 0.25) is 0 Å². The summed E-state index contributed by atoms with van der Waals surface area (Å²) < 4.78 is 5.73. The van der Waals surface area contributed by atoms with Crippen LogP contribution in [0.4, 0.5) is 5.69 Å². The van der Waals surface area contributed by atoms with Crippen LogP contribution in [0.5, 0.6) is 5.75 Å². The highest BCUT2D eigenvalue weighted by Crippen LogP contribution is 2.28. The van der Waals surface area contributed by atoms with Crippen molar-refractivity contribution >= 4 is 11.6 Å². The standard InChI is InChI=1S/C19H29N3O3/c1-2-25-18-7-4-3-6-17(18)21-12-10-20(11-13-21)14-16(23)15-22-9-5-8-19(22)24/h3-4,6-7,16,23H,2,5,8-15H2,1H3/t16-/m0/s1. The van der Waals surface area contributed by atoms with Crippen LogP contribution in [0.1, 0.15) is 19.8 Å². The molecular formula is C19H29N3O3. The van der Waals surface area contributed by atoms with Gasteiger partial charge < -0.3 is 19.6 Å². The van der Waals surface area contributed by atoms with Crippen LogP contribution in [-0.2, 0) is 4.79 Å². The largest absolute Gasteiger partial charge is 0.492 e. The Balaban J connectivity index is 1.48. The average molecular weight is 347 g/mol. The van der Waals surface area contributed by atoms with Crippen molar-refractivity contribution < 1.29 is 14.6 Å². The molecule has 0 saturated carbocycles. The van der Waals surface area contributed by atoms with Crippen LogP contribution >= 0.6 is 0 Å². The Bertz CT molecular complexity index is 573. The molecular weight excluding hydrogens is 318 g/mol. The van der Waals surface area contributed by atoms with Gasteiger partial charge in [0.25, 0.3) is 0 Å². The molecule has 1 aromatic rings. The zero-order valence-electron chi connectivity index (χ0n) is 15.1. The maximum Gasteiger partial charge on any atom is 0.222 e. The van der Waals surface area contributed by atoms with Crippen LogP contribution in [0.3, 0.4) is 0 Å². The molecule has 1 amide bonds. The Morgan fingerprint density at radius 3 is 2.56 bits per heavy atom. The summed E-state index contributed by atoms with van der Waals surface area (Å²) in [5.41, 5.74) is 1.15. The van der Waals surface area contributed by atoms with E-state index in [1.54, 1.807) is 4.90 Å². The number of nitrogens with zero attached hydrogens (tertiary/aromatic N) is 3. The molecule has 138 valence electrons. The topological polar surface area (TPSA) is 56.2 Å². The minimum atomic E-state index is -0.468. The number of rotatable bonds is 7. The van der Waals surface area contributed by atoms with Crippen LogP contribution in [0.25, 0.3) is 0 Å². The minimum Gasteiger partial charge on any atom is -0.492 e. The lowest BCUT2D eigenvalue weighted by Gasteiger charge is -2.37. The molecule has 2 heterocycles. The summed E-state index contributed by atoms with van der Waals surface area (Å²) in [5.74, 6) is 1.11. The fraction of sp³-hybridized carbons (Fsp3) is 0.632. The number of ether oxygens (including phenoxy) is 1. The third-order valence-electron chi connectivity index (χ3n) is 4.95. The third kappa shape index (κ3) is 4.64. The predicted molar refractivity (Wildman–Crippen MR) is 98.1 cm³/mol. The second kappa shape index (κ2) is 8.54. The molecule has 2 saturated heterocycles. The lowest BCUT2D eigenvalue weighted by Crippen LogP contribution is -2.50. The van der Waals surface area contributed by atoms with E-state index in [1.165, 1.54) is 0 Å². The highest BCUT2D eigenvalue weighted by Gasteiger charge is 2.25. The van der Waals surface area contributed by atoms with Gasteiger partial charge in [-0.05, 0) is 25.5 Å². The summed E-state index contributed by atoms with van der Waals surface area (Å²) in [6, 6.07) is 8.16. The van der Waals surface area contributed by atoms with Gasteiger partial charge in [0.2, 0.25) is 5.91 Å². The third-order valence-corrected chi connectivity index (χ3v) is 4.95. The molecule has 2 aliphatic heterocycles. The fourth-order valence-electron chi connectivity index (χ4n) is 3.67. The number of likely N-dealkylation sites (tertiary alicyclic amines) is 1. The van der Waals surface area contributed by atoms with E-state index in [1.807, 2.05) is 25.1 Å². The Labute approximate surface area is 150 Å². The molecule has 25 heavy (non-hydrogen) atoms. The zero-order chi connectivity index (χ0) is 17.6. The molecule has 2 aliphatic rings. The van der Waals surface area contributed by atoms with Gasteiger partial charge in [-0.15, -0.1) is 0 Å². The van der Waals surface area contributed by atoms with Crippen molar-refractivity contribution in [2.45, 2.75) is 25.9 Å². The van der Waals surface area contributed by atoms with Crippen molar-refractivity contribution in [1.82, 2.24) is 9.80 Å². The van der Waals surface area contributed by atoms with Gasteiger partial charge in [0, 0.05) is 52.2 Å². The number of piperazine rings is 1.